The van der Waals surface area contributed by atoms with E-state index in [-0.39, 0.29) is 0 Å². The van der Waals surface area contributed by atoms with E-state index in [2.05, 4.69) is 12.2 Å². The minimum Gasteiger partial charge on any atom is -0.400 e. The average molecular weight is 184 g/mol. The monoisotopic (exact) mass is 184 g/mol. The van der Waals surface area contributed by atoms with Crippen molar-refractivity contribution in [3.63, 3.8) is 0 Å². The van der Waals surface area contributed by atoms with Gasteiger partial charge in [0, 0.05) is 31.0 Å². The summed E-state index contributed by atoms with van der Waals surface area (Å²) < 4.78 is 0. The summed E-state index contributed by atoms with van der Waals surface area (Å²) in [5.41, 5.74) is 6.72. The van der Waals surface area contributed by atoms with Gasteiger partial charge in [0.25, 0.3) is 0 Å². The second kappa shape index (κ2) is 4.48. The van der Waals surface area contributed by atoms with Crippen LogP contribution in [0.15, 0.2) is 11.9 Å². The van der Waals surface area contributed by atoms with Crippen molar-refractivity contribution in [2.24, 2.45) is 11.6 Å². The van der Waals surface area contributed by atoms with Crippen LogP contribution < -0.4 is 16.9 Å². The number of nitrogens with one attached hydrogen (secondary N) is 1. The molecular formula is C9H20N4. The molecule has 1 aliphatic rings. The Balaban J connectivity index is 2.50. The van der Waals surface area contributed by atoms with Gasteiger partial charge in [-0.1, -0.05) is 0 Å². The molecule has 0 aromatic heterocycles. The number of hydrogen-bond acceptors (Lipinski definition) is 4. The SMILES string of the molecule is CC1CCCC(/C(N)=C/N(C)N)N1. The molecule has 1 aliphatic heterocycles. The van der Waals surface area contributed by atoms with Gasteiger partial charge in [-0.15, -0.1) is 0 Å². The van der Waals surface area contributed by atoms with E-state index >= 15 is 0 Å². The predicted octanol–water partition coefficient (Wildman–Crippen LogP) is 0.123. The van der Waals surface area contributed by atoms with Gasteiger partial charge >= 0.3 is 0 Å². The maximum Gasteiger partial charge on any atom is 0.0484 e. The predicted molar refractivity (Wildman–Crippen MR) is 54.5 cm³/mol. The summed E-state index contributed by atoms with van der Waals surface area (Å²) >= 11 is 0. The van der Waals surface area contributed by atoms with Crippen molar-refractivity contribution in [2.75, 3.05) is 7.05 Å². The van der Waals surface area contributed by atoms with Gasteiger partial charge < -0.3 is 16.1 Å². The standard InChI is InChI=1S/C9H20N4/c1-7-4-3-5-9(12-7)8(10)6-13(2)11/h6-7,9,12H,3-5,10-11H2,1-2H3/b8-6-. The summed E-state index contributed by atoms with van der Waals surface area (Å²) in [4.78, 5) is 0. The van der Waals surface area contributed by atoms with Gasteiger partial charge in [0.2, 0.25) is 0 Å². The largest absolute Gasteiger partial charge is 0.400 e. The fourth-order valence-electron chi connectivity index (χ4n) is 1.73. The van der Waals surface area contributed by atoms with E-state index in [1.54, 1.807) is 13.2 Å². The molecule has 4 heteroatoms. The highest BCUT2D eigenvalue weighted by Crippen LogP contribution is 2.15. The van der Waals surface area contributed by atoms with Crippen LogP contribution in [-0.2, 0) is 0 Å². The van der Waals surface area contributed by atoms with Crippen molar-refractivity contribution in [3.8, 4) is 0 Å². The van der Waals surface area contributed by atoms with E-state index in [1.165, 1.54) is 17.9 Å². The topological polar surface area (TPSA) is 67.3 Å². The van der Waals surface area contributed by atoms with E-state index in [1.807, 2.05) is 0 Å². The summed E-state index contributed by atoms with van der Waals surface area (Å²) in [7, 11) is 1.78. The van der Waals surface area contributed by atoms with Crippen LogP contribution in [0.25, 0.3) is 0 Å². The molecule has 0 bridgehead atoms. The van der Waals surface area contributed by atoms with Gasteiger partial charge in [0.05, 0.1) is 0 Å². The zero-order valence-corrected chi connectivity index (χ0v) is 8.46. The summed E-state index contributed by atoms with van der Waals surface area (Å²) in [5.74, 6) is 5.48. The summed E-state index contributed by atoms with van der Waals surface area (Å²) in [6.07, 6.45) is 5.36. The normalized spacial score (nSPS) is 30.2. The number of hydrazine groups is 1. The molecule has 0 aromatic carbocycles. The van der Waals surface area contributed by atoms with Crippen molar-refractivity contribution in [2.45, 2.75) is 38.3 Å². The molecule has 13 heavy (non-hydrogen) atoms. The van der Waals surface area contributed by atoms with Gasteiger partial charge in [-0.25, -0.2) is 5.84 Å². The molecule has 1 heterocycles. The second-order valence-electron chi connectivity index (χ2n) is 3.85. The van der Waals surface area contributed by atoms with E-state index in [4.69, 9.17) is 11.6 Å². The molecule has 0 aliphatic carbocycles. The first kappa shape index (κ1) is 10.3. The Morgan fingerprint density at radius 3 is 2.77 bits per heavy atom. The maximum atomic E-state index is 5.89. The van der Waals surface area contributed by atoms with Crippen molar-refractivity contribution < 1.29 is 0 Å². The Bertz CT molecular complexity index is 188. The molecule has 1 saturated heterocycles. The van der Waals surface area contributed by atoms with Crippen molar-refractivity contribution in [1.29, 1.82) is 0 Å². The first-order chi connectivity index (χ1) is 6.09. The van der Waals surface area contributed by atoms with Crippen molar-refractivity contribution in [1.82, 2.24) is 10.3 Å². The van der Waals surface area contributed by atoms with Crippen LogP contribution in [0.2, 0.25) is 0 Å². The quantitative estimate of drug-likeness (QED) is 0.421. The van der Waals surface area contributed by atoms with Gasteiger partial charge in [-0.2, -0.15) is 0 Å². The maximum absolute atomic E-state index is 5.89. The van der Waals surface area contributed by atoms with Gasteiger partial charge in [0.1, 0.15) is 0 Å². The van der Waals surface area contributed by atoms with Gasteiger partial charge in [-0.3, -0.25) is 0 Å². The number of piperidine rings is 1. The summed E-state index contributed by atoms with van der Waals surface area (Å²) in [6, 6.07) is 0.864. The molecule has 5 N–H and O–H groups in total. The summed E-state index contributed by atoms with van der Waals surface area (Å²) in [6.45, 7) is 2.19. The third-order valence-corrected chi connectivity index (χ3v) is 2.37. The van der Waals surface area contributed by atoms with Gasteiger partial charge in [-0.05, 0) is 26.2 Å². The van der Waals surface area contributed by atoms with Crippen LogP contribution >= 0.6 is 0 Å². The highest BCUT2D eigenvalue weighted by atomic mass is 15.4. The zero-order chi connectivity index (χ0) is 9.84. The van der Waals surface area contributed by atoms with Crippen LogP contribution in [0, 0.1) is 0 Å². The Morgan fingerprint density at radius 2 is 2.23 bits per heavy atom. The third kappa shape index (κ3) is 3.24. The molecule has 0 spiro atoms. The van der Waals surface area contributed by atoms with Crippen LogP contribution in [0.3, 0.4) is 0 Å². The lowest BCUT2D eigenvalue weighted by Crippen LogP contribution is -2.44. The molecule has 0 radical (unpaired) electrons. The number of nitrogens with two attached hydrogens (primary N) is 2. The minimum atomic E-state index is 0.301. The zero-order valence-electron chi connectivity index (χ0n) is 8.46. The smallest absolute Gasteiger partial charge is 0.0484 e. The van der Waals surface area contributed by atoms with Crippen LogP contribution in [-0.4, -0.2) is 24.1 Å². The molecule has 76 valence electrons. The Hall–Kier alpha value is -0.740. The molecular weight excluding hydrogens is 164 g/mol. The van der Waals surface area contributed by atoms with Crippen molar-refractivity contribution in [3.05, 3.63) is 11.9 Å². The van der Waals surface area contributed by atoms with Crippen LogP contribution in [0.4, 0.5) is 0 Å². The molecule has 0 saturated carbocycles. The van der Waals surface area contributed by atoms with E-state index < -0.39 is 0 Å². The number of hydrogen-bond donors (Lipinski definition) is 3. The Morgan fingerprint density at radius 1 is 1.54 bits per heavy atom. The van der Waals surface area contributed by atoms with E-state index in [9.17, 15) is 0 Å². The van der Waals surface area contributed by atoms with Gasteiger partial charge in [0.15, 0.2) is 0 Å². The molecule has 4 nitrogen and oxygen atoms in total. The molecule has 2 atom stereocenters. The Labute approximate surface area is 79.9 Å². The Kier molecular flexibility index (Phi) is 3.57. The highest BCUT2D eigenvalue weighted by molar-refractivity contribution is 5.06. The van der Waals surface area contributed by atoms with Crippen molar-refractivity contribution >= 4 is 0 Å². The highest BCUT2D eigenvalue weighted by Gasteiger charge is 2.19. The van der Waals surface area contributed by atoms with Crippen LogP contribution in [0.1, 0.15) is 26.2 Å². The molecule has 2 unspecified atom stereocenters. The molecule has 1 fully saturated rings. The number of nitrogens with zero attached hydrogens (tertiary/aromatic N) is 1. The summed E-state index contributed by atoms with van der Waals surface area (Å²) in [5, 5.41) is 4.94. The molecule has 0 aromatic rings. The lowest BCUT2D eigenvalue weighted by molar-refractivity contribution is 0.356. The molecule has 0 amide bonds. The average Bonchev–Trinajstić information content (AvgIpc) is 2.03. The third-order valence-electron chi connectivity index (χ3n) is 2.37. The fraction of sp³-hybridized carbons (Fsp3) is 0.778. The van der Waals surface area contributed by atoms with E-state index in [0.717, 1.165) is 12.1 Å². The lowest BCUT2D eigenvalue weighted by atomic mass is 9.98. The first-order valence-corrected chi connectivity index (χ1v) is 4.80. The lowest BCUT2D eigenvalue weighted by Gasteiger charge is -2.29. The molecule has 1 rings (SSSR count). The van der Waals surface area contributed by atoms with Crippen LogP contribution in [0.5, 0.6) is 0 Å². The number of rotatable bonds is 2. The first-order valence-electron chi connectivity index (χ1n) is 4.80. The fourth-order valence-corrected chi connectivity index (χ4v) is 1.73. The van der Waals surface area contributed by atoms with E-state index in [0.29, 0.717) is 12.1 Å². The minimum absolute atomic E-state index is 0.301. The second-order valence-corrected chi connectivity index (χ2v) is 3.85.